The van der Waals surface area contributed by atoms with Crippen molar-refractivity contribution in [2.24, 2.45) is 11.8 Å². The summed E-state index contributed by atoms with van der Waals surface area (Å²) in [6.45, 7) is 10.7. The van der Waals surface area contributed by atoms with Crippen molar-refractivity contribution in [1.82, 2.24) is 35.9 Å². The lowest BCUT2D eigenvalue weighted by molar-refractivity contribution is -0.132. The third kappa shape index (κ3) is 11.6. The molecule has 1 aliphatic heterocycles. The molecule has 0 bridgehead atoms. The van der Waals surface area contributed by atoms with Gasteiger partial charge < -0.3 is 35.4 Å². The number of thiazole rings is 1. The number of rotatable bonds is 20. The molecular weight excluding hydrogens is 711 g/mol. The number of aliphatic hydroxyl groups is 1. The summed E-state index contributed by atoms with van der Waals surface area (Å²) in [7, 11) is 1.56. The van der Waals surface area contributed by atoms with Gasteiger partial charge in [-0.15, -0.1) is 11.3 Å². The second-order valence-electron chi connectivity index (χ2n) is 14.0. The van der Waals surface area contributed by atoms with Gasteiger partial charge in [0.2, 0.25) is 5.91 Å². The first-order chi connectivity index (χ1) is 25.8. The molecule has 0 aliphatic carbocycles. The van der Waals surface area contributed by atoms with Gasteiger partial charge in [-0.1, -0.05) is 83.0 Å². The summed E-state index contributed by atoms with van der Waals surface area (Å²) in [6, 6.07) is 13.8. The molecule has 1 aliphatic rings. The lowest BCUT2D eigenvalue weighted by Gasteiger charge is -2.35. The summed E-state index contributed by atoms with van der Waals surface area (Å²) in [5, 5.41) is 31.3. The van der Waals surface area contributed by atoms with Gasteiger partial charge in [-0.25, -0.2) is 19.6 Å². The first-order valence-electron chi connectivity index (χ1n) is 18.5. The van der Waals surface area contributed by atoms with Crippen LogP contribution in [0.15, 0.2) is 60.0 Å². The summed E-state index contributed by atoms with van der Waals surface area (Å²) in [5.74, 6) is -0.798. The summed E-state index contributed by atoms with van der Waals surface area (Å²) in [4.78, 5) is 61.2. The fraction of sp³-hybridized carbons (Fsp3) is 0.513. The van der Waals surface area contributed by atoms with Crippen LogP contribution in [0.3, 0.4) is 0 Å². The van der Waals surface area contributed by atoms with Crippen LogP contribution >= 0.6 is 11.3 Å². The number of aromatic nitrogens is 1. The highest BCUT2D eigenvalue weighted by Crippen LogP contribution is 2.24. The highest BCUT2D eigenvalue weighted by Gasteiger charge is 2.41. The lowest BCUT2D eigenvalue weighted by Crippen LogP contribution is -2.59. The summed E-state index contributed by atoms with van der Waals surface area (Å²) in [5.41, 5.74) is 5.32. The molecule has 0 spiro atoms. The Morgan fingerprint density at radius 2 is 1.65 bits per heavy atom. The van der Waals surface area contributed by atoms with Crippen LogP contribution in [0.2, 0.25) is 0 Å². The molecule has 0 radical (unpaired) electrons. The van der Waals surface area contributed by atoms with Crippen LogP contribution < -0.4 is 20.8 Å². The third-order valence-corrected chi connectivity index (χ3v) is 10.8. The number of amides is 5. The normalized spacial score (nSPS) is 16.3. The van der Waals surface area contributed by atoms with Gasteiger partial charge in [0, 0.05) is 31.6 Å². The highest BCUT2D eigenvalue weighted by molar-refractivity contribution is 7.09. The van der Waals surface area contributed by atoms with Crippen LogP contribution in [0.25, 0.3) is 0 Å². The Bertz CT molecular complexity index is 1670. The van der Waals surface area contributed by atoms with Crippen molar-refractivity contribution in [3.05, 3.63) is 81.8 Å². The van der Waals surface area contributed by atoms with E-state index in [1.807, 2.05) is 75.5 Å². The number of carboxylic acid groups (broad SMARTS) is 1. The van der Waals surface area contributed by atoms with E-state index in [2.05, 4.69) is 21.0 Å². The molecule has 294 valence electrons. The number of nitrogens with zero attached hydrogens (tertiary/aromatic N) is 4. The number of ether oxygens (including phenoxy) is 1. The van der Waals surface area contributed by atoms with Gasteiger partial charge in [-0.2, -0.15) is 0 Å². The minimum Gasteiger partial charge on any atom is -0.497 e. The van der Waals surface area contributed by atoms with E-state index in [4.69, 9.17) is 4.74 Å². The maximum atomic E-state index is 14.4. The number of carbonyl (C=O) groups is 4. The number of urea groups is 1. The zero-order chi connectivity index (χ0) is 39.4. The van der Waals surface area contributed by atoms with E-state index in [1.54, 1.807) is 36.0 Å². The van der Waals surface area contributed by atoms with Gasteiger partial charge in [0.25, 0.3) is 5.91 Å². The van der Waals surface area contributed by atoms with Crippen LogP contribution in [0.4, 0.5) is 9.59 Å². The molecule has 1 fully saturated rings. The molecule has 2 aromatic carbocycles. The molecule has 1 aromatic heterocycles. The molecule has 0 saturated carbocycles. The molecule has 0 unspecified atom stereocenters. The van der Waals surface area contributed by atoms with Crippen LogP contribution in [0.5, 0.6) is 5.75 Å². The minimum absolute atomic E-state index is 0.118. The quantitative estimate of drug-likeness (QED) is 0.104. The number of aliphatic hydroxyl groups excluding tert-OH is 1. The number of aryl methyl sites for hydroxylation is 1. The van der Waals surface area contributed by atoms with E-state index in [-0.39, 0.29) is 43.3 Å². The number of nitrogens with one attached hydrogen (secondary N) is 3. The maximum absolute atomic E-state index is 14.4. The zero-order valence-electron chi connectivity index (χ0n) is 32.0. The molecule has 5 N–H and O–H groups in total. The SMILES string of the molecule is CC[C@H](C)[C@H](NC(=O)O)C(=O)NN(Cc1ccc(OC)cc1)C[C@H](O)[C@H](Cc1ccccc1)NC(=O)[C@H]([C@@H](C)CC)N1CCN(Cc2csc(C)n2)C1=O. The number of methoxy groups -OCH3 is 1. The van der Waals surface area contributed by atoms with Crippen LogP contribution in [-0.2, 0) is 29.1 Å². The minimum atomic E-state index is -1.32. The number of hydrogen-bond acceptors (Lipinski definition) is 9. The second kappa shape index (κ2) is 20.1. The molecule has 6 atom stereocenters. The molecule has 4 rings (SSSR count). The average Bonchev–Trinajstić information content (AvgIpc) is 3.74. The molecule has 3 aromatic rings. The van der Waals surface area contributed by atoms with Gasteiger partial charge in [-0.05, 0) is 48.4 Å². The fourth-order valence-electron chi connectivity index (χ4n) is 6.55. The van der Waals surface area contributed by atoms with E-state index in [0.29, 0.717) is 38.2 Å². The summed E-state index contributed by atoms with van der Waals surface area (Å²) >= 11 is 1.53. The van der Waals surface area contributed by atoms with Crippen molar-refractivity contribution in [2.75, 3.05) is 26.7 Å². The Labute approximate surface area is 321 Å². The topological polar surface area (TPSA) is 177 Å². The van der Waals surface area contributed by atoms with E-state index < -0.39 is 36.2 Å². The Balaban J connectivity index is 1.60. The van der Waals surface area contributed by atoms with Crippen molar-refractivity contribution in [1.29, 1.82) is 0 Å². The molecule has 54 heavy (non-hydrogen) atoms. The molecule has 1 saturated heterocycles. The van der Waals surface area contributed by atoms with E-state index in [9.17, 15) is 29.4 Å². The lowest BCUT2D eigenvalue weighted by atomic mass is 9.95. The monoisotopic (exact) mass is 765 g/mol. The average molecular weight is 766 g/mol. The summed E-state index contributed by atoms with van der Waals surface area (Å²) in [6.07, 6.45) is -1.08. The first kappa shape index (κ1) is 42.0. The maximum Gasteiger partial charge on any atom is 0.405 e. The molecule has 2 heterocycles. The number of hydrazine groups is 1. The molecule has 14 nitrogen and oxygen atoms in total. The Morgan fingerprint density at radius 3 is 2.24 bits per heavy atom. The van der Waals surface area contributed by atoms with Crippen molar-refractivity contribution < 1.29 is 34.1 Å². The fourth-order valence-corrected chi connectivity index (χ4v) is 7.15. The standard InChI is InChI=1S/C39H55N7O7S/c1-7-25(3)34(42-38(50)51)36(48)43-45(21-29-14-16-31(53-6)17-15-29)23-33(47)32(20-28-12-10-9-11-13-28)41-37(49)35(26(4)8-2)46-19-18-44(39(46)52)22-30-24-54-27(5)40-30/h9-17,24-26,32-35,42,47H,7-8,18-23H2,1-6H3,(H,41,49)(H,43,48)(H,50,51)/t25-,26-,32-,33-,34-,35-/m0/s1. The number of carbonyl (C=O) groups excluding carboxylic acids is 3. The highest BCUT2D eigenvalue weighted by atomic mass is 32.1. The van der Waals surface area contributed by atoms with Gasteiger partial charge in [0.1, 0.15) is 17.8 Å². The van der Waals surface area contributed by atoms with Gasteiger partial charge >= 0.3 is 12.1 Å². The van der Waals surface area contributed by atoms with Gasteiger partial charge in [0.05, 0.1) is 36.5 Å². The zero-order valence-corrected chi connectivity index (χ0v) is 32.8. The Kier molecular flexibility index (Phi) is 15.6. The van der Waals surface area contributed by atoms with E-state index in [0.717, 1.165) is 21.8 Å². The van der Waals surface area contributed by atoms with Gasteiger partial charge in [-0.3, -0.25) is 15.0 Å². The predicted octanol–water partition coefficient (Wildman–Crippen LogP) is 4.42. The van der Waals surface area contributed by atoms with E-state index >= 15 is 0 Å². The molecule has 5 amide bonds. The molecule has 15 heteroatoms. The van der Waals surface area contributed by atoms with Crippen molar-refractivity contribution in [3.63, 3.8) is 0 Å². The molecular formula is C39H55N7O7S. The second-order valence-corrected chi connectivity index (χ2v) is 15.0. The number of benzene rings is 2. The third-order valence-electron chi connectivity index (χ3n) is 10.0. The first-order valence-corrected chi connectivity index (χ1v) is 19.4. The van der Waals surface area contributed by atoms with Crippen molar-refractivity contribution in [2.45, 2.75) is 91.2 Å². The van der Waals surface area contributed by atoms with Gasteiger partial charge in [0.15, 0.2) is 0 Å². The Morgan fingerprint density at radius 1 is 0.963 bits per heavy atom. The van der Waals surface area contributed by atoms with E-state index in [1.165, 1.54) is 16.3 Å². The largest absolute Gasteiger partial charge is 0.497 e. The van der Waals surface area contributed by atoms with Crippen LogP contribution in [-0.4, -0.2) is 105 Å². The van der Waals surface area contributed by atoms with Crippen LogP contribution in [0, 0.1) is 18.8 Å². The summed E-state index contributed by atoms with van der Waals surface area (Å²) < 4.78 is 5.30. The van der Waals surface area contributed by atoms with Crippen LogP contribution in [0.1, 0.15) is 62.4 Å². The smallest absolute Gasteiger partial charge is 0.405 e. The van der Waals surface area contributed by atoms with Crippen molar-refractivity contribution in [3.8, 4) is 5.75 Å². The predicted molar refractivity (Wildman–Crippen MR) is 207 cm³/mol. The number of hydrogen-bond donors (Lipinski definition) is 5. The Hall–Kier alpha value is -4.73. The van der Waals surface area contributed by atoms with Crippen molar-refractivity contribution >= 4 is 35.3 Å².